The topological polar surface area (TPSA) is 103 Å². The molecular formula is C23H26N4O4S. The number of piperidine rings is 1. The number of carbonyl (C=O) groups excluding carboxylic acids is 1. The van der Waals surface area contributed by atoms with E-state index in [2.05, 4.69) is 9.97 Å². The zero-order chi connectivity index (χ0) is 22.9. The lowest BCUT2D eigenvalue weighted by molar-refractivity contribution is -0.135. The second kappa shape index (κ2) is 8.84. The van der Waals surface area contributed by atoms with Crippen LogP contribution in [0.3, 0.4) is 0 Å². The monoisotopic (exact) mass is 454 g/mol. The lowest BCUT2D eigenvalue weighted by Gasteiger charge is -2.35. The highest BCUT2D eigenvalue weighted by molar-refractivity contribution is 7.89. The standard InChI is InChI=1S/C23H26N4O4S/c1-16-10-12-17(13-11-16)32(30,31)27-14-6-5-9-20(27)23(29)26(2)15-21-24-19-8-4-3-7-18(19)22(28)25-21/h3-4,7-8,10-13,20H,5-6,9,14-15H2,1-2H3,(H,24,25,28)/t20-/m1/s1. The molecule has 0 saturated carbocycles. The molecule has 1 aromatic heterocycles. The summed E-state index contributed by atoms with van der Waals surface area (Å²) < 4.78 is 27.9. The largest absolute Gasteiger partial charge is 0.337 e. The summed E-state index contributed by atoms with van der Waals surface area (Å²) in [6.07, 6.45) is 1.93. The third kappa shape index (κ3) is 4.31. The van der Waals surface area contributed by atoms with Crippen LogP contribution < -0.4 is 5.56 Å². The van der Waals surface area contributed by atoms with Gasteiger partial charge in [0, 0.05) is 13.6 Å². The van der Waals surface area contributed by atoms with Gasteiger partial charge >= 0.3 is 0 Å². The molecule has 8 nitrogen and oxygen atoms in total. The molecule has 1 N–H and O–H groups in total. The minimum absolute atomic E-state index is 0.0772. The number of aryl methyl sites for hydroxylation is 1. The first kappa shape index (κ1) is 22.2. The molecule has 1 amide bonds. The van der Waals surface area contributed by atoms with Gasteiger partial charge in [0.15, 0.2) is 0 Å². The molecule has 0 bridgehead atoms. The molecule has 0 spiro atoms. The number of carbonyl (C=O) groups is 1. The molecule has 32 heavy (non-hydrogen) atoms. The van der Waals surface area contributed by atoms with Gasteiger partial charge in [-0.25, -0.2) is 13.4 Å². The van der Waals surface area contributed by atoms with E-state index in [9.17, 15) is 18.0 Å². The van der Waals surface area contributed by atoms with Crippen molar-refractivity contribution in [3.05, 3.63) is 70.3 Å². The predicted octanol–water partition coefficient (Wildman–Crippen LogP) is 2.43. The van der Waals surface area contributed by atoms with E-state index >= 15 is 0 Å². The van der Waals surface area contributed by atoms with Gasteiger partial charge in [0.25, 0.3) is 5.56 Å². The second-order valence-corrected chi connectivity index (χ2v) is 10.1. The highest BCUT2D eigenvalue weighted by Gasteiger charge is 2.38. The van der Waals surface area contributed by atoms with Crippen LogP contribution in [0, 0.1) is 6.92 Å². The van der Waals surface area contributed by atoms with Gasteiger partial charge in [-0.3, -0.25) is 9.59 Å². The number of rotatable bonds is 5. The zero-order valence-electron chi connectivity index (χ0n) is 18.1. The van der Waals surface area contributed by atoms with Crippen LogP contribution in [-0.2, 0) is 21.4 Å². The minimum atomic E-state index is -3.80. The van der Waals surface area contributed by atoms with E-state index in [1.54, 1.807) is 55.6 Å². The van der Waals surface area contributed by atoms with Crippen LogP contribution in [0.15, 0.2) is 58.2 Å². The van der Waals surface area contributed by atoms with Gasteiger partial charge in [0.1, 0.15) is 11.9 Å². The van der Waals surface area contributed by atoms with E-state index in [0.29, 0.717) is 36.1 Å². The van der Waals surface area contributed by atoms with Gasteiger partial charge in [0.2, 0.25) is 15.9 Å². The van der Waals surface area contributed by atoms with E-state index in [1.807, 2.05) is 6.92 Å². The summed E-state index contributed by atoms with van der Waals surface area (Å²) in [5, 5.41) is 0.480. The maximum absolute atomic E-state index is 13.3. The van der Waals surface area contributed by atoms with Crippen LogP contribution in [0.25, 0.3) is 10.9 Å². The third-order valence-corrected chi connectivity index (χ3v) is 7.71. The number of nitrogens with zero attached hydrogens (tertiary/aromatic N) is 3. The predicted molar refractivity (Wildman–Crippen MR) is 122 cm³/mol. The van der Waals surface area contributed by atoms with Gasteiger partial charge in [-0.15, -0.1) is 0 Å². The van der Waals surface area contributed by atoms with Crippen molar-refractivity contribution in [1.29, 1.82) is 0 Å². The Kier molecular flexibility index (Phi) is 6.12. The molecule has 1 aliphatic rings. The maximum Gasteiger partial charge on any atom is 0.258 e. The fourth-order valence-corrected chi connectivity index (χ4v) is 5.70. The summed E-state index contributed by atoms with van der Waals surface area (Å²) in [7, 11) is -2.20. The number of benzene rings is 2. The van der Waals surface area contributed by atoms with Crippen molar-refractivity contribution in [1.82, 2.24) is 19.2 Å². The Labute approximate surface area is 186 Å². The molecule has 3 aromatic rings. The van der Waals surface area contributed by atoms with E-state index in [-0.39, 0.29) is 22.9 Å². The molecule has 9 heteroatoms. The summed E-state index contributed by atoms with van der Waals surface area (Å²) >= 11 is 0. The summed E-state index contributed by atoms with van der Waals surface area (Å²) in [5.74, 6) is 0.0458. The average molecular weight is 455 g/mol. The summed E-state index contributed by atoms with van der Waals surface area (Å²) in [4.78, 5) is 34.4. The first-order chi connectivity index (χ1) is 15.3. The quantitative estimate of drug-likeness (QED) is 0.638. The van der Waals surface area contributed by atoms with Crippen molar-refractivity contribution in [2.24, 2.45) is 0 Å². The molecule has 1 aliphatic heterocycles. The lowest BCUT2D eigenvalue weighted by atomic mass is 10.0. The second-order valence-electron chi connectivity index (χ2n) is 8.16. The van der Waals surface area contributed by atoms with Crippen molar-refractivity contribution < 1.29 is 13.2 Å². The first-order valence-corrected chi connectivity index (χ1v) is 12.0. The number of aromatic nitrogens is 2. The SMILES string of the molecule is Cc1ccc(S(=O)(=O)N2CCCC[C@@H]2C(=O)N(C)Cc2nc3ccccc3c(=O)[nH]2)cc1. The number of para-hydroxylation sites is 1. The lowest BCUT2D eigenvalue weighted by Crippen LogP contribution is -2.52. The van der Waals surface area contributed by atoms with Gasteiger partial charge in [-0.05, 0) is 44.0 Å². The van der Waals surface area contributed by atoms with E-state index in [4.69, 9.17) is 0 Å². The van der Waals surface area contributed by atoms with E-state index in [0.717, 1.165) is 12.0 Å². The van der Waals surface area contributed by atoms with Crippen molar-refractivity contribution in [3.8, 4) is 0 Å². The number of amides is 1. The fourth-order valence-electron chi connectivity index (χ4n) is 4.05. The molecule has 0 aliphatic carbocycles. The van der Waals surface area contributed by atoms with Crippen LogP contribution >= 0.6 is 0 Å². The highest BCUT2D eigenvalue weighted by Crippen LogP contribution is 2.27. The molecule has 4 rings (SSSR count). The Morgan fingerprint density at radius 2 is 1.88 bits per heavy atom. The zero-order valence-corrected chi connectivity index (χ0v) is 18.9. The minimum Gasteiger partial charge on any atom is -0.337 e. The average Bonchev–Trinajstić information content (AvgIpc) is 2.79. The van der Waals surface area contributed by atoms with Crippen molar-refractivity contribution >= 4 is 26.8 Å². The normalized spacial score (nSPS) is 17.4. The van der Waals surface area contributed by atoms with Crippen LogP contribution in [-0.4, -0.2) is 53.1 Å². The molecule has 0 unspecified atom stereocenters. The van der Waals surface area contributed by atoms with Gasteiger partial charge in [-0.1, -0.05) is 36.2 Å². The van der Waals surface area contributed by atoms with Crippen molar-refractivity contribution in [2.75, 3.05) is 13.6 Å². The van der Waals surface area contributed by atoms with Crippen LogP contribution in [0.5, 0.6) is 0 Å². The Morgan fingerprint density at radius 3 is 2.62 bits per heavy atom. The van der Waals surface area contributed by atoms with Gasteiger partial charge in [-0.2, -0.15) is 4.31 Å². The van der Waals surface area contributed by atoms with E-state index in [1.165, 1.54) is 9.21 Å². The number of hydrogen-bond donors (Lipinski definition) is 1. The number of aromatic amines is 1. The molecule has 2 aromatic carbocycles. The molecule has 168 valence electrons. The summed E-state index contributed by atoms with van der Waals surface area (Å²) in [5.41, 5.74) is 1.24. The molecule has 0 radical (unpaired) electrons. The summed E-state index contributed by atoms with van der Waals surface area (Å²) in [6.45, 7) is 2.27. The molecule has 2 heterocycles. The summed E-state index contributed by atoms with van der Waals surface area (Å²) in [6, 6.07) is 12.9. The Balaban J connectivity index is 1.58. The van der Waals surface area contributed by atoms with Crippen molar-refractivity contribution in [2.45, 2.75) is 43.7 Å². The van der Waals surface area contributed by atoms with E-state index < -0.39 is 16.1 Å². The first-order valence-electron chi connectivity index (χ1n) is 10.6. The molecule has 1 saturated heterocycles. The van der Waals surface area contributed by atoms with Crippen molar-refractivity contribution in [3.63, 3.8) is 0 Å². The fraction of sp³-hybridized carbons (Fsp3) is 0.348. The number of sulfonamides is 1. The number of hydrogen-bond acceptors (Lipinski definition) is 5. The Bertz CT molecular complexity index is 1300. The number of H-pyrrole nitrogens is 1. The van der Waals surface area contributed by atoms with Gasteiger partial charge in [0.05, 0.1) is 22.3 Å². The molecule has 1 atom stereocenters. The number of likely N-dealkylation sites (N-methyl/N-ethyl adjacent to an activating group) is 1. The molecule has 1 fully saturated rings. The number of nitrogens with one attached hydrogen (secondary N) is 1. The number of fused-ring (bicyclic) bond motifs is 1. The Hall–Kier alpha value is -3.04. The third-order valence-electron chi connectivity index (χ3n) is 5.79. The van der Waals surface area contributed by atoms with Crippen LogP contribution in [0.4, 0.5) is 0 Å². The molecular weight excluding hydrogens is 428 g/mol. The Morgan fingerprint density at radius 1 is 1.16 bits per heavy atom. The maximum atomic E-state index is 13.3. The van der Waals surface area contributed by atoms with Gasteiger partial charge < -0.3 is 9.88 Å². The smallest absolute Gasteiger partial charge is 0.258 e. The highest BCUT2D eigenvalue weighted by atomic mass is 32.2. The van der Waals surface area contributed by atoms with Crippen LogP contribution in [0.2, 0.25) is 0 Å². The van der Waals surface area contributed by atoms with Crippen LogP contribution in [0.1, 0.15) is 30.7 Å².